The number of benzene rings is 7. The van der Waals surface area contributed by atoms with Crippen LogP contribution in [0.4, 0.5) is 11.4 Å². The third-order valence-electron chi connectivity index (χ3n) is 11.6. The Labute approximate surface area is 336 Å². The Kier molecular flexibility index (Phi) is 9.52. The maximum Gasteiger partial charge on any atom is 0.0481 e. The van der Waals surface area contributed by atoms with E-state index < -0.39 is 0 Å². The van der Waals surface area contributed by atoms with Crippen molar-refractivity contribution >= 4 is 32.9 Å². The molecule has 0 aliphatic rings. The van der Waals surface area contributed by atoms with Gasteiger partial charge in [-0.15, -0.1) is 0 Å². The van der Waals surface area contributed by atoms with Crippen LogP contribution in [0.15, 0.2) is 121 Å². The summed E-state index contributed by atoms with van der Waals surface area (Å²) in [6.45, 7) is 27.7. The van der Waals surface area contributed by atoms with Crippen LogP contribution in [0.25, 0.3) is 66.1 Å². The molecule has 0 fully saturated rings. The lowest BCUT2D eigenvalue weighted by Crippen LogP contribution is -2.16. The summed E-state index contributed by atoms with van der Waals surface area (Å²) < 4.78 is 0. The minimum atomic E-state index is -0.0255. The van der Waals surface area contributed by atoms with Gasteiger partial charge in [-0.05, 0) is 107 Å². The molecule has 0 aliphatic heterocycles. The number of anilines is 2. The summed E-state index contributed by atoms with van der Waals surface area (Å²) in [4.78, 5) is 0. The van der Waals surface area contributed by atoms with Crippen molar-refractivity contribution < 1.29 is 0 Å². The predicted molar refractivity (Wildman–Crippen MR) is 247 cm³/mol. The van der Waals surface area contributed by atoms with Gasteiger partial charge in [0.2, 0.25) is 0 Å². The van der Waals surface area contributed by atoms with Crippen molar-refractivity contribution in [1.82, 2.24) is 0 Å². The highest BCUT2D eigenvalue weighted by Crippen LogP contribution is 2.48. The molecule has 0 heterocycles. The lowest BCUT2D eigenvalue weighted by molar-refractivity contribution is 0.568. The first-order chi connectivity index (χ1) is 26.1. The van der Waals surface area contributed by atoms with Gasteiger partial charge in [-0.25, -0.2) is 0 Å². The molecule has 7 rings (SSSR count). The highest BCUT2D eigenvalue weighted by Gasteiger charge is 2.25. The fourth-order valence-electron chi connectivity index (χ4n) is 7.92. The zero-order chi connectivity index (χ0) is 40.5. The summed E-state index contributed by atoms with van der Waals surface area (Å²) >= 11 is 0. The van der Waals surface area contributed by atoms with E-state index >= 15 is 0 Å². The Balaban J connectivity index is 1.67. The number of nitrogen functional groups attached to an aromatic ring is 2. The zero-order valence-corrected chi connectivity index (χ0v) is 35.7. The van der Waals surface area contributed by atoms with Crippen LogP contribution >= 0.6 is 0 Å². The van der Waals surface area contributed by atoms with Gasteiger partial charge in [-0.2, -0.15) is 0 Å². The lowest BCUT2D eigenvalue weighted by atomic mass is 9.77. The van der Waals surface area contributed by atoms with Crippen LogP contribution in [0.5, 0.6) is 0 Å². The molecule has 7 aromatic rings. The van der Waals surface area contributed by atoms with Gasteiger partial charge in [-0.3, -0.25) is 0 Å². The van der Waals surface area contributed by atoms with Gasteiger partial charge in [-0.1, -0.05) is 186 Å². The van der Waals surface area contributed by atoms with Gasteiger partial charge in [0.1, 0.15) is 0 Å². The first-order valence-corrected chi connectivity index (χ1v) is 20.2. The van der Waals surface area contributed by atoms with E-state index in [9.17, 15) is 0 Å². The minimum absolute atomic E-state index is 0.0255. The number of rotatable bonds is 4. The number of nitrogens with two attached hydrogens (primary N) is 2. The highest BCUT2D eigenvalue weighted by molar-refractivity contribution is 6.24. The number of hydrogen-bond donors (Lipinski definition) is 2. The molecule has 0 amide bonds. The molecule has 7 aromatic carbocycles. The van der Waals surface area contributed by atoms with E-state index in [4.69, 9.17) is 11.5 Å². The largest absolute Gasteiger partial charge is 0.398 e. The summed E-state index contributed by atoms with van der Waals surface area (Å²) in [5, 5.41) is 3.91. The van der Waals surface area contributed by atoms with Crippen LogP contribution in [0.2, 0.25) is 0 Å². The first-order valence-electron chi connectivity index (χ1n) is 20.2. The molecule has 0 saturated carbocycles. The zero-order valence-electron chi connectivity index (χ0n) is 35.7. The average molecular weight is 737 g/mol. The van der Waals surface area contributed by atoms with E-state index in [0.717, 1.165) is 55.2 Å². The van der Waals surface area contributed by atoms with Crippen LogP contribution in [-0.2, 0) is 21.7 Å². The standard InChI is InChI=1S/C54H60N2/c1-51(2,3)39-27-36(28-40(31-39)52(4,5)6)34-24-35(37-29-41(53(7,8)9)32-42(30-37)54(10,11)12)26-38(25-34)47-43(33-18-14-13-15-19-33)22-23-46-48(47)50(56)45-21-17-16-20-44(45)49(46)55/h13-32H,55-56H2,1-12H3. The molecule has 0 bridgehead atoms. The normalized spacial score (nSPS) is 12.8. The molecule has 0 saturated heterocycles. The topological polar surface area (TPSA) is 52.0 Å². The predicted octanol–water partition coefficient (Wildman–Crippen LogP) is 15.0. The maximum absolute atomic E-state index is 7.32. The molecule has 0 spiro atoms. The summed E-state index contributed by atoms with van der Waals surface area (Å²) in [7, 11) is 0. The monoisotopic (exact) mass is 736 g/mol. The van der Waals surface area contributed by atoms with Crippen LogP contribution in [0.1, 0.15) is 105 Å². The Bertz CT molecular complexity index is 2460. The Morgan fingerprint density at radius 3 is 1.12 bits per heavy atom. The average Bonchev–Trinajstić information content (AvgIpc) is 3.15. The molecule has 56 heavy (non-hydrogen) atoms. The van der Waals surface area contributed by atoms with E-state index in [1.54, 1.807) is 0 Å². The van der Waals surface area contributed by atoms with Gasteiger partial charge in [0.25, 0.3) is 0 Å². The van der Waals surface area contributed by atoms with Crippen LogP contribution < -0.4 is 11.5 Å². The van der Waals surface area contributed by atoms with E-state index in [1.807, 2.05) is 12.1 Å². The Morgan fingerprint density at radius 2 is 0.696 bits per heavy atom. The molecule has 286 valence electrons. The summed E-state index contributed by atoms with van der Waals surface area (Å²) in [5.74, 6) is 0. The molecule has 0 atom stereocenters. The van der Waals surface area contributed by atoms with Gasteiger partial charge in [0.15, 0.2) is 0 Å². The first kappa shape index (κ1) is 38.9. The Hall–Kier alpha value is -5.34. The molecule has 2 nitrogen and oxygen atoms in total. The minimum Gasteiger partial charge on any atom is -0.398 e. The van der Waals surface area contributed by atoms with E-state index in [0.29, 0.717) is 0 Å². The van der Waals surface area contributed by atoms with Crippen LogP contribution in [0.3, 0.4) is 0 Å². The maximum atomic E-state index is 7.32. The van der Waals surface area contributed by atoms with Crippen molar-refractivity contribution in [1.29, 1.82) is 0 Å². The smallest absolute Gasteiger partial charge is 0.0481 e. The second-order valence-electron chi connectivity index (χ2n) is 20.0. The number of fused-ring (bicyclic) bond motifs is 2. The van der Waals surface area contributed by atoms with Crippen molar-refractivity contribution in [3.63, 3.8) is 0 Å². The third-order valence-corrected chi connectivity index (χ3v) is 11.6. The second kappa shape index (κ2) is 13.7. The fraction of sp³-hybridized carbons (Fsp3) is 0.296. The summed E-state index contributed by atoms with van der Waals surface area (Å²) in [5.41, 5.74) is 30.4. The number of hydrogen-bond acceptors (Lipinski definition) is 2. The Morgan fingerprint density at radius 1 is 0.321 bits per heavy atom. The van der Waals surface area contributed by atoms with Crippen molar-refractivity contribution in [3.05, 3.63) is 144 Å². The van der Waals surface area contributed by atoms with Crippen molar-refractivity contribution in [2.75, 3.05) is 11.5 Å². The van der Waals surface area contributed by atoms with Gasteiger partial charge < -0.3 is 11.5 Å². The van der Waals surface area contributed by atoms with Crippen molar-refractivity contribution in [2.24, 2.45) is 0 Å². The molecule has 2 heteroatoms. The van der Waals surface area contributed by atoms with Crippen molar-refractivity contribution in [2.45, 2.75) is 105 Å². The molecule has 0 unspecified atom stereocenters. The van der Waals surface area contributed by atoms with E-state index in [2.05, 4.69) is 192 Å². The molecule has 0 aromatic heterocycles. The van der Waals surface area contributed by atoms with Gasteiger partial charge in [0.05, 0.1) is 0 Å². The summed E-state index contributed by atoms with van der Waals surface area (Å²) in [6.07, 6.45) is 0. The van der Waals surface area contributed by atoms with Crippen molar-refractivity contribution in [3.8, 4) is 44.5 Å². The summed E-state index contributed by atoms with van der Waals surface area (Å²) in [6, 6.07) is 45.0. The van der Waals surface area contributed by atoms with Gasteiger partial charge >= 0.3 is 0 Å². The van der Waals surface area contributed by atoms with E-state index in [-0.39, 0.29) is 21.7 Å². The highest BCUT2D eigenvalue weighted by atomic mass is 14.6. The second-order valence-corrected chi connectivity index (χ2v) is 20.0. The van der Waals surface area contributed by atoms with E-state index in [1.165, 1.54) is 44.5 Å². The fourth-order valence-corrected chi connectivity index (χ4v) is 7.92. The SMILES string of the molecule is CC(C)(C)c1cc(-c2cc(-c3cc(C(C)(C)C)cc(C(C)(C)C)c3)cc(-c3c(-c4ccccc4)ccc4c(N)c5ccccc5c(N)c34)c2)cc(C(C)(C)C)c1. The molecular formula is C54H60N2. The van der Waals surface area contributed by atoms with Gasteiger partial charge in [0, 0.05) is 32.9 Å². The molecule has 4 N–H and O–H groups in total. The van der Waals surface area contributed by atoms with Crippen LogP contribution in [0, 0.1) is 0 Å². The molecule has 0 aliphatic carbocycles. The third kappa shape index (κ3) is 7.35. The quantitative estimate of drug-likeness (QED) is 0.107. The van der Waals surface area contributed by atoms with Crippen LogP contribution in [-0.4, -0.2) is 0 Å². The lowest BCUT2D eigenvalue weighted by Gasteiger charge is -2.27. The molecule has 0 radical (unpaired) electrons. The molecular weight excluding hydrogens is 677 g/mol.